The predicted molar refractivity (Wildman–Crippen MR) is 108 cm³/mol. The Labute approximate surface area is 167 Å². The highest BCUT2D eigenvalue weighted by atomic mass is 32.2. The Morgan fingerprint density at radius 1 is 1.00 bits per heavy atom. The summed E-state index contributed by atoms with van der Waals surface area (Å²) in [5, 5.41) is 2.61. The normalized spacial score (nSPS) is 16.7. The lowest BCUT2D eigenvalue weighted by atomic mass is 10.0. The molecule has 1 aliphatic carbocycles. The number of hydrogen-bond donors (Lipinski definition) is 1. The Hall–Kier alpha value is -1.24. The summed E-state index contributed by atoms with van der Waals surface area (Å²) in [6, 6.07) is -0.798. The van der Waals surface area contributed by atoms with Gasteiger partial charge in [0.2, 0.25) is 0 Å². The molecule has 0 aromatic rings. The molecule has 1 aliphatic rings. The second-order valence-electron chi connectivity index (χ2n) is 9.02. The number of esters is 1. The molecule has 0 aromatic carbocycles. The Balaban J connectivity index is 2.52. The van der Waals surface area contributed by atoms with Gasteiger partial charge in [0.25, 0.3) is 0 Å². The molecule has 0 radical (unpaired) electrons. The molecule has 0 saturated heterocycles. The van der Waals surface area contributed by atoms with Crippen molar-refractivity contribution in [1.82, 2.24) is 5.32 Å². The molecule has 156 valence electrons. The number of hydrogen-bond acceptors (Lipinski definition) is 6. The van der Waals surface area contributed by atoms with Gasteiger partial charge in [-0.25, -0.2) is 9.59 Å². The summed E-state index contributed by atoms with van der Waals surface area (Å²) in [5.74, 6) is 1.05. The second-order valence-corrected chi connectivity index (χ2v) is 10.1. The van der Waals surface area contributed by atoms with Gasteiger partial charge in [0, 0.05) is 5.92 Å². The zero-order valence-electron chi connectivity index (χ0n) is 17.6. The summed E-state index contributed by atoms with van der Waals surface area (Å²) in [5.41, 5.74) is -1.29. The molecule has 0 spiro atoms. The van der Waals surface area contributed by atoms with E-state index in [9.17, 15) is 14.4 Å². The van der Waals surface area contributed by atoms with E-state index in [1.54, 1.807) is 41.5 Å². The first-order valence-corrected chi connectivity index (χ1v) is 10.9. The standard InChI is InChI=1S/C20H35NO5S/c1-19(2,3)25-17(23)15(21-18(24)26-20(4,5)6)11-12-27-13-16(22)14-9-7-8-10-14/h14-15H,7-13H2,1-6H3,(H,21,24)/t15-/m0/s1. The minimum Gasteiger partial charge on any atom is -0.458 e. The molecule has 1 rings (SSSR count). The van der Waals surface area contributed by atoms with Crippen LogP contribution < -0.4 is 5.32 Å². The van der Waals surface area contributed by atoms with Gasteiger partial charge in [0.05, 0.1) is 5.75 Å². The Kier molecular flexibility index (Phi) is 9.12. The van der Waals surface area contributed by atoms with Crippen molar-refractivity contribution < 1.29 is 23.9 Å². The van der Waals surface area contributed by atoms with Gasteiger partial charge in [-0.15, -0.1) is 0 Å². The third-order valence-corrected chi connectivity index (χ3v) is 5.00. The number of rotatable bonds is 8. The third kappa shape index (κ3) is 10.6. The van der Waals surface area contributed by atoms with E-state index < -0.39 is 29.3 Å². The van der Waals surface area contributed by atoms with E-state index >= 15 is 0 Å². The average molecular weight is 402 g/mol. The minimum absolute atomic E-state index is 0.207. The van der Waals surface area contributed by atoms with Crippen molar-refractivity contribution in [3.63, 3.8) is 0 Å². The molecule has 0 bridgehead atoms. The van der Waals surface area contributed by atoms with Gasteiger partial charge in [-0.3, -0.25) is 4.79 Å². The van der Waals surface area contributed by atoms with Crippen molar-refractivity contribution in [1.29, 1.82) is 0 Å². The van der Waals surface area contributed by atoms with Crippen LogP contribution in [0.2, 0.25) is 0 Å². The Bertz CT molecular complexity index is 515. The molecule has 1 atom stereocenters. The van der Waals surface area contributed by atoms with E-state index in [1.807, 2.05) is 0 Å². The first kappa shape index (κ1) is 23.8. The second kappa shape index (κ2) is 10.3. The van der Waals surface area contributed by atoms with Crippen molar-refractivity contribution in [2.75, 3.05) is 11.5 Å². The number of alkyl carbamates (subject to hydrolysis) is 1. The summed E-state index contributed by atoms with van der Waals surface area (Å²) in [6.07, 6.45) is 4.02. The fourth-order valence-electron chi connectivity index (χ4n) is 2.81. The smallest absolute Gasteiger partial charge is 0.408 e. The van der Waals surface area contributed by atoms with Crippen LogP contribution >= 0.6 is 11.8 Å². The number of carbonyl (C=O) groups is 3. The van der Waals surface area contributed by atoms with Crippen LogP contribution in [0.5, 0.6) is 0 Å². The summed E-state index contributed by atoms with van der Waals surface area (Å²) in [6.45, 7) is 10.6. The molecule has 1 amide bonds. The minimum atomic E-state index is -0.798. The van der Waals surface area contributed by atoms with Crippen LogP contribution in [-0.4, -0.2) is 46.6 Å². The fourth-order valence-corrected chi connectivity index (χ4v) is 3.79. The van der Waals surface area contributed by atoms with Gasteiger partial charge in [-0.1, -0.05) is 12.8 Å². The fraction of sp³-hybridized carbons (Fsp3) is 0.850. The van der Waals surface area contributed by atoms with Gasteiger partial charge in [-0.05, 0) is 66.6 Å². The zero-order chi connectivity index (χ0) is 20.7. The third-order valence-electron chi connectivity index (χ3n) is 3.99. The number of amides is 1. The zero-order valence-corrected chi connectivity index (χ0v) is 18.4. The Morgan fingerprint density at radius 3 is 2.07 bits per heavy atom. The number of Topliss-reactive ketones (excluding diaryl/α,β-unsaturated/α-hetero) is 1. The monoisotopic (exact) mass is 401 g/mol. The average Bonchev–Trinajstić information content (AvgIpc) is 3.00. The topological polar surface area (TPSA) is 81.7 Å². The number of ketones is 1. The van der Waals surface area contributed by atoms with E-state index in [0.29, 0.717) is 23.7 Å². The molecular formula is C20H35NO5S. The molecule has 6 nitrogen and oxygen atoms in total. The number of carbonyl (C=O) groups excluding carboxylic acids is 3. The lowest BCUT2D eigenvalue weighted by Gasteiger charge is -2.26. The highest BCUT2D eigenvalue weighted by Gasteiger charge is 2.29. The van der Waals surface area contributed by atoms with Crippen LogP contribution in [0.3, 0.4) is 0 Å². The van der Waals surface area contributed by atoms with Gasteiger partial charge in [0.15, 0.2) is 0 Å². The van der Waals surface area contributed by atoms with Crippen LogP contribution in [0.25, 0.3) is 0 Å². The maximum Gasteiger partial charge on any atom is 0.408 e. The van der Waals surface area contributed by atoms with E-state index in [2.05, 4.69) is 5.32 Å². The van der Waals surface area contributed by atoms with Crippen molar-refractivity contribution in [2.24, 2.45) is 5.92 Å². The molecule has 1 saturated carbocycles. The summed E-state index contributed by atoms with van der Waals surface area (Å²) < 4.78 is 10.6. The lowest BCUT2D eigenvalue weighted by Crippen LogP contribution is -2.46. The molecule has 7 heteroatoms. The van der Waals surface area contributed by atoms with Crippen molar-refractivity contribution in [2.45, 2.75) is 90.9 Å². The van der Waals surface area contributed by atoms with Gasteiger partial charge >= 0.3 is 12.1 Å². The molecule has 27 heavy (non-hydrogen) atoms. The molecule has 0 aliphatic heterocycles. The van der Waals surface area contributed by atoms with Crippen LogP contribution in [0.4, 0.5) is 4.79 Å². The van der Waals surface area contributed by atoms with Crippen LogP contribution in [0.15, 0.2) is 0 Å². The highest BCUT2D eigenvalue weighted by Crippen LogP contribution is 2.26. The highest BCUT2D eigenvalue weighted by molar-refractivity contribution is 7.99. The van der Waals surface area contributed by atoms with Crippen LogP contribution in [0.1, 0.15) is 73.6 Å². The molecule has 0 heterocycles. The SMILES string of the molecule is CC(C)(C)OC(=O)N[C@@H](CCSCC(=O)C1CCCC1)C(=O)OC(C)(C)C. The number of ether oxygens (including phenoxy) is 2. The Morgan fingerprint density at radius 2 is 1.56 bits per heavy atom. The number of nitrogens with one attached hydrogen (secondary N) is 1. The lowest BCUT2D eigenvalue weighted by molar-refractivity contribution is -0.157. The maximum atomic E-state index is 12.4. The van der Waals surface area contributed by atoms with Crippen molar-refractivity contribution in [3.8, 4) is 0 Å². The first-order chi connectivity index (χ1) is 12.4. The predicted octanol–water partition coefficient (Wildman–Crippen LogP) is 4.10. The molecule has 1 fully saturated rings. The maximum absolute atomic E-state index is 12.4. The van der Waals surface area contributed by atoms with Gasteiger partial charge in [0.1, 0.15) is 23.0 Å². The van der Waals surface area contributed by atoms with E-state index in [0.717, 1.165) is 25.7 Å². The van der Waals surface area contributed by atoms with Crippen LogP contribution in [-0.2, 0) is 19.1 Å². The first-order valence-electron chi connectivity index (χ1n) is 9.70. The summed E-state index contributed by atoms with van der Waals surface area (Å²) >= 11 is 1.50. The quantitative estimate of drug-likeness (QED) is 0.487. The van der Waals surface area contributed by atoms with Gasteiger partial charge in [-0.2, -0.15) is 11.8 Å². The van der Waals surface area contributed by atoms with E-state index in [-0.39, 0.29) is 5.92 Å². The molecule has 0 aromatic heterocycles. The molecule has 1 N–H and O–H groups in total. The van der Waals surface area contributed by atoms with Crippen LogP contribution in [0, 0.1) is 5.92 Å². The van der Waals surface area contributed by atoms with E-state index in [4.69, 9.17) is 9.47 Å². The van der Waals surface area contributed by atoms with Gasteiger partial charge < -0.3 is 14.8 Å². The summed E-state index contributed by atoms with van der Waals surface area (Å²) in [7, 11) is 0. The van der Waals surface area contributed by atoms with Crippen molar-refractivity contribution >= 4 is 29.6 Å². The summed E-state index contributed by atoms with van der Waals surface area (Å²) in [4.78, 5) is 36.6. The molecular weight excluding hydrogens is 366 g/mol. The van der Waals surface area contributed by atoms with E-state index in [1.165, 1.54) is 11.8 Å². The molecule has 0 unspecified atom stereocenters. The number of thioether (sulfide) groups is 1. The van der Waals surface area contributed by atoms with Crippen molar-refractivity contribution in [3.05, 3.63) is 0 Å². The largest absolute Gasteiger partial charge is 0.458 e.